The predicted octanol–water partition coefficient (Wildman–Crippen LogP) is 5.03. The fourth-order valence-corrected chi connectivity index (χ4v) is 3.35. The molecule has 0 saturated heterocycles. The molecule has 0 saturated carbocycles. The molecule has 0 bridgehead atoms. The van der Waals surface area contributed by atoms with Crippen LogP contribution in [0, 0.1) is 5.82 Å². The van der Waals surface area contributed by atoms with E-state index in [1.54, 1.807) is 6.07 Å². The van der Waals surface area contributed by atoms with E-state index in [0.717, 1.165) is 15.6 Å². The zero-order chi connectivity index (χ0) is 15.0. The second-order valence-electron chi connectivity index (χ2n) is 5.03. The fraction of sp³-hybridized carbons (Fsp3) is 0.250. The van der Waals surface area contributed by atoms with Crippen LogP contribution in [0.25, 0.3) is 0 Å². The van der Waals surface area contributed by atoms with E-state index >= 15 is 0 Å². The zero-order valence-electron chi connectivity index (χ0n) is 11.4. The van der Waals surface area contributed by atoms with Crippen molar-refractivity contribution in [2.75, 3.05) is 7.05 Å². The van der Waals surface area contributed by atoms with Crippen molar-refractivity contribution in [3.63, 3.8) is 0 Å². The highest BCUT2D eigenvalue weighted by Gasteiger charge is 2.30. The quantitative estimate of drug-likeness (QED) is 0.801. The summed E-state index contributed by atoms with van der Waals surface area (Å²) in [5.41, 5.74) is 1.85. The standard InChI is InChI=1S/C16H14BrClFNO/c1-20-14-8-16(11-6-9(18)2-4-13(11)17)21-15-5-3-10(19)7-12(14)15/h2-7,14,16,20H,8H2,1H3. The van der Waals surface area contributed by atoms with Gasteiger partial charge < -0.3 is 10.1 Å². The van der Waals surface area contributed by atoms with Gasteiger partial charge in [-0.15, -0.1) is 0 Å². The molecule has 0 radical (unpaired) electrons. The Bertz CT molecular complexity index is 679. The highest BCUT2D eigenvalue weighted by atomic mass is 79.9. The van der Waals surface area contributed by atoms with Crippen LogP contribution >= 0.6 is 27.5 Å². The van der Waals surface area contributed by atoms with Crippen molar-refractivity contribution >= 4 is 27.5 Å². The number of halogens is 3. The van der Waals surface area contributed by atoms with E-state index in [-0.39, 0.29) is 18.0 Å². The number of fused-ring (bicyclic) bond motifs is 1. The number of hydrogen-bond acceptors (Lipinski definition) is 2. The predicted molar refractivity (Wildman–Crippen MR) is 85.3 cm³/mol. The van der Waals surface area contributed by atoms with Gasteiger partial charge in [0.15, 0.2) is 0 Å². The third kappa shape index (κ3) is 2.93. The third-order valence-corrected chi connectivity index (χ3v) is 4.68. The maximum atomic E-state index is 13.4. The monoisotopic (exact) mass is 369 g/mol. The van der Waals surface area contributed by atoms with Crippen molar-refractivity contribution in [2.45, 2.75) is 18.6 Å². The molecule has 2 atom stereocenters. The Hall–Kier alpha value is -1.10. The summed E-state index contributed by atoms with van der Waals surface area (Å²) < 4.78 is 20.4. The molecule has 2 nitrogen and oxygen atoms in total. The maximum Gasteiger partial charge on any atom is 0.127 e. The molecule has 1 aliphatic heterocycles. The van der Waals surface area contributed by atoms with Gasteiger partial charge in [-0.2, -0.15) is 0 Å². The lowest BCUT2D eigenvalue weighted by Crippen LogP contribution is -2.27. The van der Waals surface area contributed by atoms with E-state index in [9.17, 15) is 4.39 Å². The van der Waals surface area contributed by atoms with Crippen molar-refractivity contribution < 1.29 is 9.13 Å². The number of benzene rings is 2. The second kappa shape index (κ2) is 5.95. The molecule has 1 heterocycles. The molecule has 2 aromatic rings. The van der Waals surface area contributed by atoms with Gasteiger partial charge in [-0.05, 0) is 43.4 Å². The minimum atomic E-state index is -0.250. The van der Waals surface area contributed by atoms with Gasteiger partial charge in [0, 0.05) is 33.1 Å². The smallest absolute Gasteiger partial charge is 0.127 e. The highest BCUT2D eigenvalue weighted by Crippen LogP contribution is 2.43. The average Bonchev–Trinajstić information content (AvgIpc) is 2.48. The van der Waals surface area contributed by atoms with Gasteiger partial charge in [0.1, 0.15) is 17.7 Å². The molecule has 0 amide bonds. The lowest BCUT2D eigenvalue weighted by molar-refractivity contribution is 0.153. The lowest BCUT2D eigenvalue weighted by Gasteiger charge is -2.33. The number of ether oxygens (including phenoxy) is 1. The number of hydrogen-bond donors (Lipinski definition) is 1. The topological polar surface area (TPSA) is 21.3 Å². The summed E-state index contributed by atoms with van der Waals surface area (Å²) in [6.07, 6.45) is 0.583. The summed E-state index contributed by atoms with van der Waals surface area (Å²) in [6, 6.07) is 10.3. The number of rotatable bonds is 2. The van der Waals surface area contributed by atoms with Crippen LogP contribution in [-0.2, 0) is 0 Å². The molecule has 3 rings (SSSR count). The Morgan fingerprint density at radius 2 is 2.05 bits per heavy atom. The van der Waals surface area contributed by atoms with Crippen LogP contribution in [0.3, 0.4) is 0 Å². The molecule has 0 aliphatic carbocycles. The SMILES string of the molecule is CNC1CC(c2cc(Cl)ccc2Br)Oc2ccc(F)cc21. The molecule has 5 heteroatoms. The van der Waals surface area contributed by atoms with Crippen LogP contribution in [0.5, 0.6) is 5.75 Å². The second-order valence-corrected chi connectivity index (χ2v) is 6.32. The van der Waals surface area contributed by atoms with Gasteiger partial charge in [-0.25, -0.2) is 4.39 Å². The van der Waals surface area contributed by atoms with E-state index in [2.05, 4.69) is 21.2 Å². The minimum absolute atomic E-state index is 0.0420. The fourth-order valence-electron chi connectivity index (χ4n) is 2.67. The molecular formula is C16H14BrClFNO. The first kappa shape index (κ1) is 14.8. The van der Waals surface area contributed by atoms with Crippen LogP contribution in [-0.4, -0.2) is 7.05 Å². The summed E-state index contributed by atoms with van der Waals surface area (Å²) in [5.74, 6) is 0.457. The Balaban J connectivity index is 2.00. The Labute approximate surface area is 136 Å². The largest absolute Gasteiger partial charge is 0.485 e. The first-order valence-corrected chi connectivity index (χ1v) is 7.84. The first-order chi connectivity index (χ1) is 10.1. The Morgan fingerprint density at radius 3 is 2.81 bits per heavy atom. The van der Waals surface area contributed by atoms with E-state index < -0.39 is 0 Å². The van der Waals surface area contributed by atoms with Gasteiger partial charge in [0.2, 0.25) is 0 Å². The van der Waals surface area contributed by atoms with Crippen LogP contribution in [0.1, 0.15) is 29.7 Å². The zero-order valence-corrected chi connectivity index (χ0v) is 13.7. The van der Waals surface area contributed by atoms with Crippen molar-refractivity contribution in [3.05, 3.63) is 62.8 Å². The molecule has 1 N–H and O–H groups in total. The summed E-state index contributed by atoms with van der Waals surface area (Å²) >= 11 is 9.63. The van der Waals surface area contributed by atoms with E-state index in [1.165, 1.54) is 12.1 Å². The van der Waals surface area contributed by atoms with E-state index in [4.69, 9.17) is 16.3 Å². The van der Waals surface area contributed by atoms with Crippen LogP contribution < -0.4 is 10.1 Å². The van der Waals surface area contributed by atoms with Gasteiger partial charge in [-0.1, -0.05) is 27.5 Å². The van der Waals surface area contributed by atoms with Gasteiger partial charge in [0.25, 0.3) is 0 Å². The Kier molecular flexibility index (Phi) is 4.20. The molecule has 21 heavy (non-hydrogen) atoms. The van der Waals surface area contributed by atoms with Crippen molar-refractivity contribution in [2.24, 2.45) is 0 Å². The summed E-state index contributed by atoms with van der Waals surface area (Å²) in [4.78, 5) is 0. The molecular weight excluding hydrogens is 357 g/mol. The normalized spacial score (nSPS) is 20.8. The summed E-state index contributed by atoms with van der Waals surface area (Å²) in [7, 11) is 1.87. The average molecular weight is 371 g/mol. The van der Waals surface area contributed by atoms with Gasteiger partial charge in [0.05, 0.1) is 0 Å². The Morgan fingerprint density at radius 1 is 1.24 bits per heavy atom. The van der Waals surface area contributed by atoms with Crippen LogP contribution in [0.15, 0.2) is 40.9 Å². The molecule has 2 unspecified atom stereocenters. The number of nitrogens with one attached hydrogen (secondary N) is 1. The molecule has 0 aromatic heterocycles. The lowest BCUT2D eigenvalue weighted by atomic mass is 9.93. The molecule has 1 aliphatic rings. The molecule has 0 fully saturated rings. The third-order valence-electron chi connectivity index (χ3n) is 3.72. The van der Waals surface area contributed by atoms with Crippen molar-refractivity contribution in [1.82, 2.24) is 5.32 Å². The van der Waals surface area contributed by atoms with E-state index in [0.29, 0.717) is 17.2 Å². The molecule has 2 aromatic carbocycles. The first-order valence-electron chi connectivity index (χ1n) is 6.67. The van der Waals surface area contributed by atoms with Crippen molar-refractivity contribution in [1.29, 1.82) is 0 Å². The summed E-state index contributed by atoms with van der Waals surface area (Å²) in [5, 5.41) is 3.90. The highest BCUT2D eigenvalue weighted by molar-refractivity contribution is 9.10. The van der Waals surface area contributed by atoms with E-state index in [1.807, 2.05) is 25.2 Å². The molecule has 0 spiro atoms. The van der Waals surface area contributed by atoms with Crippen molar-refractivity contribution in [3.8, 4) is 5.75 Å². The van der Waals surface area contributed by atoms with Crippen LogP contribution in [0.4, 0.5) is 4.39 Å². The minimum Gasteiger partial charge on any atom is -0.485 e. The van der Waals surface area contributed by atoms with Crippen LogP contribution in [0.2, 0.25) is 5.02 Å². The molecule has 110 valence electrons. The van der Waals surface area contributed by atoms with Gasteiger partial charge in [-0.3, -0.25) is 0 Å². The summed E-state index contributed by atoms with van der Waals surface area (Å²) in [6.45, 7) is 0. The van der Waals surface area contributed by atoms with Gasteiger partial charge >= 0.3 is 0 Å². The maximum absolute atomic E-state index is 13.4.